The summed E-state index contributed by atoms with van der Waals surface area (Å²) in [6.07, 6.45) is 2.89. The molecule has 1 heterocycles. The predicted octanol–water partition coefficient (Wildman–Crippen LogP) is 2.30. The molecule has 0 amide bonds. The molecule has 2 N–H and O–H groups in total. The molecule has 2 aromatic rings. The van der Waals surface area contributed by atoms with Crippen LogP contribution in [0, 0.1) is 0 Å². The Morgan fingerprint density at radius 3 is 2.67 bits per heavy atom. The summed E-state index contributed by atoms with van der Waals surface area (Å²) in [6.45, 7) is 2.69. The molecule has 18 heavy (non-hydrogen) atoms. The molecule has 0 spiro atoms. The molecule has 4 nitrogen and oxygen atoms in total. The van der Waals surface area contributed by atoms with Crippen molar-refractivity contribution in [2.45, 2.75) is 26.3 Å². The number of hydrogen-bond acceptors (Lipinski definition) is 3. The molecule has 4 heteroatoms. The fourth-order valence-electron chi connectivity index (χ4n) is 1.89. The van der Waals surface area contributed by atoms with Gasteiger partial charge in [-0.1, -0.05) is 12.1 Å². The van der Waals surface area contributed by atoms with Gasteiger partial charge in [-0.3, -0.25) is 9.48 Å². The van der Waals surface area contributed by atoms with E-state index in [0.717, 1.165) is 24.2 Å². The third-order valence-electron chi connectivity index (χ3n) is 2.92. The van der Waals surface area contributed by atoms with Crippen LogP contribution in [0.2, 0.25) is 0 Å². The number of benzene rings is 1. The first-order chi connectivity index (χ1) is 8.70. The first kappa shape index (κ1) is 12.4. The van der Waals surface area contributed by atoms with Gasteiger partial charge in [0.2, 0.25) is 0 Å². The highest BCUT2D eigenvalue weighted by molar-refractivity contribution is 5.94. The van der Waals surface area contributed by atoms with E-state index in [4.69, 9.17) is 5.73 Å². The van der Waals surface area contributed by atoms with Crippen molar-refractivity contribution >= 4 is 11.5 Å². The first-order valence-corrected chi connectivity index (χ1v) is 6.10. The van der Waals surface area contributed by atoms with Gasteiger partial charge in [0.1, 0.15) is 5.69 Å². The number of aryl methyl sites for hydroxylation is 2. The van der Waals surface area contributed by atoms with Gasteiger partial charge in [-0.2, -0.15) is 5.10 Å². The number of Topliss-reactive ketones (excluding diaryl/α,β-unsaturated/α-hetero) is 1. The Balaban J connectivity index is 1.98. The molecule has 1 aromatic heterocycles. The SMILES string of the molecule is CCn1nccc1C(=O)CCc1ccc(N)cc1. The van der Waals surface area contributed by atoms with E-state index in [1.54, 1.807) is 16.9 Å². The molecule has 2 rings (SSSR count). The molecule has 94 valence electrons. The lowest BCUT2D eigenvalue weighted by molar-refractivity contribution is 0.0972. The normalized spacial score (nSPS) is 10.5. The van der Waals surface area contributed by atoms with Crippen LogP contribution < -0.4 is 5.73 Å². The van der Waals surface area contributed by atoms with Crippen molar-refractivity contribution in [3.8, 4) is 0 Å². The molecule has 0 saturated heterocycles. The van der Waals surface area contributed by atoms with Gasteiger partial charge in [0.05, 0.1) is 0 Å². The van der Waals surface area contributed by atoms with Gasteiger partial charge in [-0.25, -0.2) is 0 Å². The van der Waals surface area contributed by atoms with Gasteiger partial charge < -0.3 is 5.73 Å². The van der Waals surface area contributed by atoms with E-state index in [1.165, 1.54) is 0 Å². The average Bonchev–Trinajstić information content (AvgIpc) is 2.86. The topological polar surface area (TPSA) is 60.9 Å². The van der Waals surface area contributed by atoms with Gasteiger partial charge >= 0.3 is 0 Å². The molecule has 0 atom stereocenters. The van der Waals surface area contributed by atoms with Crippen molar-refractivity contribution in [1.29, 1.82) is 0 Å². The zero-order valence-corrected chi connectivity index (χ0v) is 10.5. The highest BCUT2D eigenvalue weighted by Gasteiger charge is 2.10. The minimum Gasteiger partial charge on any atom is -0.399 e. The lowest BCUT2D eigenvalue weighted by Gasteiger charge is -2.04. The zero-order chi connectivity index (χ0) is 13.0. The maximum Gasteiger partial charge on any atom is 0.181 e. The van der Waals surface area contributed by atoms with Crippen LogP contribution in [0.25, 0.3) is 0 Å². The number of anilines is 1. The number of nitrogens with zero attached hydrogens (tertiary/aromatic N) is 2. The molecule has 0 aliphatic carbocycles. The quantitative estimate of drug-likeness (QED) is 0.647. The third-order valence-corrected chi connectivity index (χ3v) is 2.92. The van der Waals surface area contributed by atoms with Gasteiger partial charge in [0.15, 0.2) is 5.78 Å². The van der Waals surface area contributed by atoms with Crippen LogP contribution in [0.15, 0.2) is 36.5 Å². The number of carbonyl (C=O) groups excluding carboxylic acids is 1. The van der Waals surface area contributed by atoms with Crippen LogP contribution in [0.3, 0.4) is 0 Å². The molecule has 0 unspecified atom stereocenters. The fraction of sp³-hybridized carbons (Fsp3) is 0.286. The second kappa shape index (κ2) is 5.49. The second-order valence-corrected chi connectivity index (χ2v) is 4.20. The Hall–Kier alpha value is -2.10. The highest BCUT2D eigenvalue weighted by Crippen LogP contribution is 2.10. The lowest BCUT2D eigenvalue weighted by atomic mass is 10.1. The average molecular weight is 243 g/mol. The van der Waals surface area contributed by atoms with Crippen LogP contribution >= 0.6 is 0 Å². The lowest BCUT2D eigenvalue weighted by Crippen LogP contribution is -2.10. The summed E-state index contributed by atoms with van der Waals surface area (Å²) in [4.78, 5) is 12.0. The number of rotatable bonds is 5. The standard InChI is InChI=1S/C14H17N3O/c1-2-17-13(9-10-16-17)14(18)8-5-11-3-6-12(15)7-4-11/h3-4,6-7,9-10H,2,5,8,15H2,1H3. The molecule has 1 aromatic carbocycles. The van der Waals surface area contributed by atoms with Crippen LogP contribution in [-0.4, -0.2) is 15.6 Å². The Morgan fingerprint density at radius 2 is 2.00 bits per heavy atom. The van der Waals surface area contributed by atoms with E-state index in [-0.39, 0.29) is 5.78 Å². The maximum absolute atomic E-state index is 12.0. The summed E-state index contributed by atoms with van der Waals surface area (Å²) in [7, 11) is 0. The summed E-state index contributed by atoms with van der Waals surface area (Å²) >= 11 is 0. The third kappa shape index (κ3) is 2.77. The first-order valence-electron chi connectivity index (χ1n) is 6.10. The minimum atomic E-state index is 0.131. The molecule has 0 radical (unpaired) electrons. The minimum absolute atomic E-state index is 0.131. The van der Waals surface area contributed by atoms with Gasteiger partial charge in [-0.15, -0.1) is 0 Å². The Morgan fingerprint density at radius 1 is 1.28 bits per heavy atom. The monoisotopic (exact) mass is 243 g/mol. The Kier molecular flexibility index (Phi) is 3.77. The van der Waals surface area contributed by atoms with Crippen molar-refractivity contribution in [1.82, 2.24) is 9.78 Å². The molecular formula is C14H17N3O. The van der Waals surface area contributed by atoms with E-state index in [1.807, 2.05) is 31.2 Å². The van der Waals surface area contributed by atoms with Gasteiger partial charge in [0, 0.05) is 24.8 Å². The summed E-state index contributed by atoms with van der Waals surface area (Å²) in [5.41, 5.74) is 8.18. The largest absolute Gasteiger partial charge is 0.399 e. The summed E-state index contributed by atoms with van der Waals surface area (Å²) in [5, 5.41) is 4.10. The summed E-state index contributed by atoms with van der Waals surface area (Å²) in [5.74, 6) is 0.131. The van der Waals surface area contributed by atoms with Crippen molar-refractivity contribution in [3.05, 3.63) is 47.8 Å². The Bertz CT molecular complexity index is 528. The fourth-order valence-corrected chi connectivity index (χ4v) is 1.89. The van der Waals surface area contributed by atoms with Crippen LogP contribution in [-0.2, 0) is 13.0 Å². The van der Waals surface area contributed by atoms with Crippen molar-refractivity contribution in [2.24, 2.45) is 0 Å². The summed E-state index contributed by atoms with van der Waals surface area (Å²) in [6, 6.07) is 9.40. The van der Waals surface area contributed by atoms with E-state index < -0.39 is 0 Å². The zero-order valence-electron chi connectivity index (χ0n) is 10.5. The predicted molar refractivity (Wildman–Crippen MR) is 71.4 cm³/mol. The number of hydrogen-bond donors (Lipinski definition) is 1. The van der Waals surface area contributed by atoms with Gasteiger partial charge in [0.25, 0.3) is 0 Å². The molecule has 0 aliphatic rings. The summed E-state index contributed by atoms with van der Waals surface area (Å²) < 4.78 is 1.73. The molecule has 0 fully saturated rings. The van der Waals surface area contributed by atoms with Gasteiger partial charge in [-0.05, 0) is 37.1 Å². The van der Waals surface area contributed by atoms with E-state index in [2.05, 4.69) is 5.10 Å². The van der Waals surface area contributed by atoms with Crippen molar-refractivity contribution in [3.63, 3.8) is 0 Å². The van der Waals surface area contributed by atoms with Crippen molar-refractivity contribution in [2.75, 3.05) is 5.73 Å². The van der Waals surface area contributed by atoms with E-state index in [9.17, 15) is 4.79 Å². The number of carbonyl (C=O) groups is 1. The number of aromatic nitrogens is 2. The molecular weight excluding hydrogens is 226 g/mol. The molecule has 0 aliphatic heterocycles. The smallest absolute Gasteiger partial charge is 0.181 e. The molecule has 0 saturated carbocycles. The maximum atomic E-state index is 12.0. The second-order valence-electron chi connectivity index (χ2n) is 4.20. The Labute approximate surface area is 106 Å². The molecule has 0 bridgehead atoms. The highest BCUT2D eigenvalue weighted by atomic mass is 16.1. The number of ketones is 1. The van der Waals surface area contributed by atoms with Crippen LogP contribution in [0.1, 0.15) is 29.4 Å². The van der Waals surface area contributed by atoms with E-state index in [0.29, 0.717) is 12.1 Å². The number of nitrogens with two attached hydrogens (primary N) is 1. The van der Waals surface area contributed by atoms with Crippen LogP contribution in [0.4, 0.5) is 5.69 Å². The van der Waals surface area contributed by atoms with E-state index >= 15 is 0 Å². The van der Waals surface area contributed by atoms with Crippen LogP contribution in [0.5, 0.6) is 0 Å². The van der Waals surface area contributed by atoms with Crippen molar-refractivity contribution < 1.29 is 4.79 Å². The number of nitrogen functional groups attached to an aromatic ring is 1.